The van der Waals surface area contributed by atoms with Crippen molar-refractivity contribution in [2.45, 2.75) is 19.4 Å². The second-order valence-electron chi connectivity index (χ2n) is 4.71. The molecule has 1 N–H and O–H groups in total. The highest BCUT2D eigenvalue weighted by Gasteiger charge is 2.36. The van der Waals surface area contributed by atoms with E-state index in [4.69, 9.17) is 9.47 Å². The monoisotopic (exact) mass is 265 g/mol. The van der Waals surface area contributed by atoms with Crippen molar-refractivity contribution in [3.8, 4) is 11.5 Å². The molecule has 1 aromatic rings. The third-order valence-corrected chi connectivity index (χ3v) is 3.77. The fraction of sp³-hybridized carbons (Fsp3) is 0.500. The molecule has 1 aliphatic rings. The number of nitrogens with zero attached hydrogens (tertiary/aromatic N) is 1. The molecule has 19 heavy (non-hydrogen) atoms. The molecule has 1 fully saturated rings. The molecule has 1 aliphatic heterocycles. The first-order valence-corrected chi connectivity index (χ1v) is 6.30. The molecule has 2 atom stereocenters. The Hall–Kier alpha value is -1.91. The number of anilines is 1. The van der Waals surface area contributed by atoms with Crippen LogP contribution in [0.25, 0.3) is 0 Å². The predicted molar refractivity (Wildman–Crippen MR) is 72.1 cm³/mol. The Kier molecular flexibility index (Phi) is 3.83. The molecule has 2 unspecified atom stereocenters. The van der Waals surface area contributed by atoms with Crippen molar-refractivity contribution in [2.24, 2.45) is 5.92 Å². The smallest absolute Gasteiger partial charge is 0.308 e. The van der Waals surface area contributed by atoms with Crippen LogP contribution in [0.1, 0.15) is 13.3 Å². The molecule has 2 rings (SSSR count). The Labute approximate surface area is 112 Å². The van der Waals surface area contributed by atoms with Crippen LogP contribution in [-0.4, -0.2) is 37.9 Å². The Bertz CT molecular complexity index is 475. The third kappa shape index (κ3) is 2.45. The summed E-state index contributed by atoms with van der Waals surface area (Å²) in [6.45, 7) is 2.65. The van der Waals surface area contributed by atoms with Gasteiger partial charge in [-0.25, -0.2) is 0 Å². The molecule has 0 amide bonds. The van der Waals surface area contributed by atoms with Crippen molar-refractivity contribution < 1.29 is 19.4 Å². The van der Waals surface area contributed by atoms with Crippen LogP contribution < -0.4 is 14.4 Å². The number of rotatable bonds is 4. The van der Waals surface area contributed by atoms with E-state index in [1.54, 1.807) is 14.2 Å². The van der Waals surface area contributed by atoms with Crippen molar-refractivity contribution in [1.82, 2.24) is 0 Å². The van der Waals surface area contributed by atoms with E-state index >= 15 is 0 Å². The summed E-state index contributed by atoms with van der Waals surface area (Å²) >= 11 is 0. The van der Waals surface area contributed by atoms with E-state index in [0.29, 0.717) is 13.0 Å². The average molecular weight is 265 g/mol. The molecular formula is C14H19NO4. The highest BCUT2D eigenvalue weighted by molar-refractivity contribution is 5.74. The summed E-state index contributed by atoms with van der Waals surface area (Å²) in [6.07, 6.45) is 0.650. The van der Waals surface area contributed by atoms with Crippen molar-refractivity contribution in [1.29, 1.82) is 0 Å². The van der Waals surface area contributed by atoms with Crippen molar-refractivity contribution >= 4 is 11.7 Å². The summed E-state index contributed by atoms with van der Waals surface area (Å²) < 4.78 is 10.6. The van der Waals surface area contributed by atoms with E-state index in [2.05, 4.69) is 4.90 Å². The topological polar surface area (TPSA) is 59.0 Å². The first-order chi connectivity index (χ1) is 9.08. The van der Waals surface area contributed by atoms with Gasteiger partial charge in [0.15, 0.2) is 0 Å². The van der Waals surface area contributed by atoms with Gasteiger partial charge in [0.1, 0.15) is 11.5 Å². The second kappa shape index (κ2) is 5.38. The van der Waals surface area contributed by atoms with Gasteiger partial charge in [0, 0.05) is 18.7 Å². The van der Waals surface area contributed by atoms with E-state index in [1.165, 1.54) is 0 Å². The summed E-state index contributed by atoms with van der Waals surface area (Å²) in [7, 11) is 3.22. The number of methoxy groups -OCH3 is 2. The Morgan fingerprint density at radius 3 is 2.63 bits per heavy atom. The van der Waals surface area contributed by atoms with Gasteiger partial charge >= 0.3 is 5.97 Å². The number of hydrogen-bond donors (Lipinski definition) is 1. The number of carboxylic acids is 1. The molecule has 1 saturated heterocycles. The highest BCUT2D eigenvalue weighted by Crippen LogP contribution is 2.38. The van der Waals surface area contributed by atoms with E-state index in [-0.39, 0.29) is 12.0 Å². The third-order valence-electron chi connectivity index (χ3n) is 3.77. The molecule has 1 aromatic carbocycles. The number of hydrogen-bond acceptors (Lipinski definition) is 4. The van der Waals surface area contributed by atoms with Crippen LogP contribution in [0.2, 0.25) is 0 Å². The molecular weight excluding hydrogens is 246 g/mol. The molecule has 5 heteroatoms. The van der Waals surface area contributed by atoms with Crippen molar-refractivity contribution in [3.05, 3.63) is 18.2 Å². The van der Waals surface area contributed by atoms with Crippen LogP contribution in [0.3, 0.4) is 0 Å². The van der Waals surface area contributed by atoms with Gasteiger partial charge in [0.2, 0.25) is 0 Å². The molecule has 1 heterocycles. The molecule has 104 valence electrons. The van der Waals surface area contributed by atoms with Gasteiger partial charge in [0.25, 0.3) is 0 Å². The summed E-state index contributed by atoms with van der Waals surface area (Å²) in [5, 5.41) is 9.19. The Morgan fingerprint density at radius 2 is 2.11 bits per heavy atom. The lowest BCUT2D eigenvalue weighted by Gasteiger charge is -2.27. The summed E-state index contributed by atoms with van der Waals surface area (Å²) in [6, 6.07) is 5.50. The largest absolute Gasteiger partial charge is 0.497 e. The van der Waals surface area contributed by atoms with Gasteiger partial charge in [-0.3, -0.25) is 4.79 Å². The lowest BCUT2D eigenvalue weighted by molar-refractivity contribution is -0.141. The second-order valence-corrected chi connectivity index (χ2v) is 4.71. The van der Waals surface area contributed by atoms with Crippen LogP contribution in [-0.2, 0) is 4.79 Å². The van der Waals surface area contributed by atoms with Crippen LogP contribution in [0.4, 0.5) is 5.69 Å². The maximum Gasteiger partial charge on any atom is 0.308 e. The van der Waals surface area contributed by atoms with Crippen molar-refractivity contribution in [3.63, 3.8) is 0 Å². The molecule has 0 saturated carbocycles. The van der Waals surface area contributed by atoms with Crippen LogP contribution in [0.5, 0.6) is 11.5 Å². The maximum absolute atomic E-state index is 11.2. The zero-order valence-corrected chi connectivity index (χ0v) is 11.4. The van der Waals surface area contributed by atoms with Gasteiger partial charge in [-0.05, 0) is 25.5 Å². The van der Waals surface area contributed by atoms with Gasteiger partial charge in [0.05, 0.1) is 25.8 Å². The van der Waals surface area contributed by atoms with Crippen LogP contribution in [0.15, 0.2) is 18.2 Å². The molecule has 0 bridgehead atoms. The minimum absolute atomic E-state index is 0.0569. The molecule has 0 aliphatic carbocycles. The highest BCUT2D eigenvalue weighted by atomic mass is 16.5. The zero-order chi connectivity index (χ0) is 14.0. The van der Waals surface area contributed by atoms with E-state index in [9.17, 15) is 9.90 Å². The fourth-order valence-electron chi connectivity index (χ4n) is 2.63. The predicted octanol–water partition coefficient (Wildman–Crippen LogP) is 2.00. The first kappa shape index (κ1) is 13.5. The van der Waals surface area contributed by atoms with Gasteiger partial charge in [-0.1, -0.05) is 0 Å². The number of benzene rings is 1. The van der Waals surface area contributed by atoms with Crippen LogP contribution in [0, 0.1) is 5.92 Å². The van der Waals surface area contributed by atoms with E-state index < -0.39 is 5.97 Å². The standard InChI is InChI=1S/C14H19NO4/c1-9-11(14(16)17)6-7-15(9)12-8-10(18-2)4-5-13(12)19-3/h4-5,8-9,11H,6-7H2,1-3H3,(H,16,17). The quantitative estimate of drug-likeness (QED) is 0.902. The Balaban J connectivity index is 2.33. The minimum Gasteiger partial charge on any atom is -0.497 e. The molecule has 0 aromatic heterocycles. The zero-order valence-electron chi connectivity index (χ0n) is 11.4. The SMILES string of the molecule is COc1ccc(OC)c(N2CCC(C(=O)O)C2C)c1. The van der Waals surface area contributed by atoms with Crippen LogP contribution >= 0.6 is 0 Å². The normalized spacial score (nSPS) is 22.4. The first-order valence-electron chi connectivity index (χ1n) is 6.30. The lowest BCUT2D eigenvalue weighted by atomic mass is 10.0. The summed E-state index contributed by atoms with van der Waals surface area (Å²) in [5.74, 6) is 0.397. The van der Waals surface area contributed by atoms with Crippen molar-refractivity contribution in [2.75, 3.05) is 25.7 Å². The number of ether oxygens (including phenoxy) is 2. The van der Waals surface area contributed by atoms with Gasteiger partial charge in [-0.15, -0.1) is 0 Å². The Morgan fingerprint density at radius 1 is 1.37 bits per heavy atom. The fourth-order valence-corrected chi connectivity index (χ4v) is 2.63. The van der Waals surface area contributed by atoms with E-state index in [1.807, 2.05) is 25.1 Å². The number of carboxylic acid groups (broad SMARTS) is 1. The number of aliphatic carboxylic acids is 1. The van der Waals surface area contributed by atoms with Gasteiger partial charge < -0.3 is 19.5 Å². The van der Waals surface area contributed by atoms with Gasteiger partial charge in [-0.2, -0.15) is 0 Å². The maximum atomic E-state index is 11.2. The number of carbonyl (C=O) groups is 1. The molecule has 5 nitrogen and oxygen atoms in total. The minimum atomic E-state index is -0.739. The summed E-state index contributed by atoms with van der Waals surface area (Å²) in [4.78, 5) is 13.3. The van der Waals surface area contributed by atoms with E-state index in [0.717, 1.165) is 17.2 Å². The molecule has 0 radical (unpaired) electrons. The average Bonchev–Trinajstić information content (AvgIpc) is 2.79. The lowest BCUT2D eigenvalue weighted by Crippen LogP contribution is -2.33. The molecule has 0 spiro atoms. The summed E-state index contributed by atoms with van der Waals surface area (Å²) in [5.41, 5.74) is 0.887.